The molecule has 1 saturated heterocycles. The molecule has 26 heavy (non-hydrogen) atoms. The topological polar surface area (TPSA) is 81.2 Å². The van der Waals surface area contributed by atoms with Crippen LogP contribution in [0.15, 0.2) is 23.1 Å². The minimum atomic E-state index is -3.69. The Balaban J connectivity index is 2.29. The maximum absolute atomic E-state index is 13.0. The Morgan fingerprint density at radius 1 is 1.08 bits per heavy atom. The van der Waals surface area contributed by atoms with Crippen LogP contribution < -0.4 is 19.5 Å². The number of sulfonamides is 1. The summed E-state index contributed by atoms with van der Waals surface area (Å²) in [6.07, 6.45) is 1.55. The molecule has 3 N–H and O–H groups in total. The van der Waals surface area contributed by atoms with Gasteiger partial charge >= 0.3 is 0 Å². The first-order chi connectivity index (χ1) is 12.0. The van der Waals surface area contributed by atoms with E-state index >= 15 is 0 Å². The van der Waals surface area contributed by atoms with Crippen molar-refractivity contribution in [1.29, 1.82) is 0 Å². The maximum atomic E-state index is 13.0. The predicted molar refractivity (Wildman–Crippen MR) is 102 cm³/mol. The fraction of sp³-hybridized carbons (Fsp3) is 0.684. The van der Waals surface area contributed by atoms with Gasteiger partial charge in [-0.15, -0.1) is 0 Å². The van der Waals surface area contributed by atoms with E-state index in [-0.39, 0.29) is 22.0 Å². The van der Waals surface area contributed by atoms with Gasteiger partial charge in [0.15, 0.2) is 0 Å². The van der Waals surface area contributed by atoms with Crippen molar-refractivity contribution in [3.05, 3.63) is 18.2 Å². The molecule has 0 saturated carbocycles. The summed E-state index contributed by atoms with van der Waals surface area (Å²) in [4.78, 5) is 0.160. The first-order valence-electron chi connectivity index (χ1n) is 9.27. The van der Waals surface area contributed by atoms with Gasteiger partial charge in [0.2, 0.25) is 10.0 Å². The SMILES string of the molecule is CCOc1ccc(S(=O)(=O)NC2CC(C)(C)[NH2+]C(C)(C)C2)c(OCC)c1. The normalized spacial score (nSPS) is 19.9. The highest BCUT2D eigenvalue weighted by Crippen LogP contribution is 2.30. The van der Waals surface area contributed by atoms with E-state index in [0.717, 1.165) is 12.8 Å². The van der Waals surface area contributed by atoms with Crippen molar-refractivity contribution in [1.82, 2.24) is 4.72 Å². The first kappa shape index (κ1) is 21.0. The molecule has 148 valence electrons. The molecule has 0 aliphatic carbocycles. The summed E-state index contributed by atoms with van der Waals surface area (Å²) in [7, 11) is -3.69. The lowest BCUT2D eigenvalue weighted by Gasteiger charge is -2.43. The van der Waals surface area contributed by atoms with E-state index in [9.17, 15) is 8.42 Å². The number of piperidine rings is 1. The quantitative estimate of drug-likeness (QED) is 0.753. The van der Waals surface area contributed by atoms with Gasteiger partial charge in [-0.05, 0) is 53.7 Å². The number of nitrogens with two attached hydrogens (primary N) is 1. The summed E-state index contributed by atoms with van der Waals surface area (Å²) >= 11 is 0. The lowest BCUT2D eigenvalue weighted by molar-refractivity contribution is -0.787. The molecule has 1 fully saturated rings. The summed E-state index contributed by atoms with van der Waals surface area (Å²) in [5, 5.41) is 2.33. The lowest BCUT2D eigenvalue weighted by atomic mass is 9.80. The third-order valence-corrected chi connectivity index (χ3v) is 6.02. The number of ether oxygens (including phenoxy) is 2. The molecule has 2 rings (SSSR count). The van der Waals surface area contributed by atoms with Crippen LogP contribution in [-0.2, 0) is 10.0 Å². The molecule has 0 amide bonds. The van der Waals surface area contributed by atoms with Crippen LogP contribution in [0.1, 0.15) is 54.4 Å². The highest BCUT2D eigenvalue weighted by atomic mass is 32.2. The molecule has 1 aromatic rings. The second kappa shape index (κ2) is 7.74. The molecular weight excluding hydrogens is 352 g/mol. The zero-order valence-corrected chi connectivity index (χ0v) is 17.6. The van der Waals surface area contributed by atoms with E-state index in [0.29, 0.717) is 24.7 Å². The first-order valence-corrected chi connectivity index (χ1v) is 10.8. The molecule has 6 nitrogen and oxygen atoms in total. The van der Waals surface area contributed by atoms with Crippen LogP contribution in [0.3, 0.4) is 0 Å². The van der Waals surface area contributed by atoms with Crippen molar-refractivity contribution in [2.24, 2.45) is 0 Å². The summed E-state index contributed by atoms with van der Waals surface area (Å²) in [6, 6.07) is 4.76. The van der Waals surface area contributed by atoms with Crippen LogP contribution in [-0.4, -0.2) is 38.8 Å². The van der Waals surface area contributed by atoms with Crippen molar-refractivity contribution in [3.8, 4) is 11.5 Å². The number of nitrogens with one attached hydrogen (secondary N) is 1. The highest BCUT2D eigenvalue weighted by Gasteiger charge is 2.43. The van der Waals surface area contributed by atoms with Crippen LogP contribution in [0.5, 0.6) is 11.5 Å². The van der Waals surface area contributed by atoms with E-state index in [1.807, 2.05) is 13.8 Å². The highest BCUT2D eigenvalue weighted by molar-refractivity contribution is 7.89. The second-order valence-corrected chi connectivity index (χ2v) is 10.0. The molecule has 1 aliphatic rings. The lowest BCUT2D eigenvalue weighted by Crippen LogP contribution is -3.06. The fourth-order valence-electron chi connectivity index (χ4n) is 4.12. The van der Waals surface area contributed by atoms with Crippen molar-refractivity contribution >= 4 is 10.0 Å². The van der Waals surface area contributed by atoms with Crippen LogP contribution >= 0.6 is 0 Å². The van der Waals surface area contributed by atoms with Gasteiger partial charge in [-0.2, -0.15) is 0 Å². The molecule has 0 aromatic heterocycles. The Labute approximate surface area is 157 Å². The van der Waals surface area contributed by atoms with Gasteiger partial charge in [-0.3, -0.25) is 0 Å². The smallest absolute Gasteiger partial charge is 0.244 e. The monoisotopic (exact) mass is 385 g/mol. The van der Waals surface area contributed by atoms with Crippen LogP contribution in [0, 0.1) is 0 Å². The second-order valence-electron chi connectivity index (χ2n) is 8.32. The number of benzene rings is 1. The minimum absolute atomic E-state index is 0.0174. The van der Waals surface area contributed by atoms with E-state index < -0.39 is 10.0 Å². The summed E-state index contributed by atoms with van der Waals surface area (Å²) < 4.78 is 40.0. The van der Waals surface area contributed by atoms with E-state index in [2.05, 4.69) is 37.7 Å². The van der Waals surface area contributed by atoms with Crippen LogP contribution in [0.4, 0.5) is 0 Å². The van der Waals surface area contributed by atoms with Gasteiger partial charge in [0, 0.05) is 24.9 Å². The van der Waals surface area contributed by atoms with E-state index in [1.54, 1.807) is 18.2 Å². The molecule has 1 heterocycles. The third kappa shape index (κ3) is 5.34. The minimum Gasteiger partial charge on any atom is -0.494 e. The van der Waals surface area contributed by atoms with E-state index in [1.165, 1.54) is 0 Å². The fourth-order valence-corrected chi connectivity index (χ4v) is 5.48. The van der Waals surface area contributed by atoms with Gasteiger partial charge in [-0.1, -0.05) is 0 Å². The maximum Gasteiger partial charge on any atom is 0.244 e. The summed E-state index contributed by atoms with van der Waals surface area (Å²) in [6.45, 7) is 13.2. The molecule has 0 atom stereocenters. The van der Waals surface area contributed by atoms with Crippen molar-refractivity contribution < 1.29 is 23.2 Å². The third-order valence-electron chi connectivity index (χ3n) is 4.46. The standard InChI is InChI=1S/C19H32N2O4S/c1-7-24-15-9-10-17(16(11-15)25-8-2)26(22,23)20-14-12-18(3,4)21-19(5,6)13-14/h9-11,14,20-21H,7-8,12-13H2,1-6H3/p+1. The molecule has 1 aromatic carbocycles. The predicted octanol–water partition coefficient (Wildman–Crippen LogP) is 2.05. The zero-order chi connectivity index (χ0) is 19.6. The Hall–Kier alpha value is -1.31. The summed E-state index contributed by atoms with van der Waals surface area (Å²) in [5.41, 5.74) is -0.0347. The molecule has 0 spiro atoms. The average molecular weight is 386 g/mol. The van der Waals surface area contributed by atoms with Gasteiger partial charge in [-0.25, -0.2) is 13.1 Å². The molecule has 1 aliphatic heterocycles. The Kier molecular flexibility index (Phi) is 6.25. The van der Waals surface area contributed by atoms with E-state index in [4.69, 9.17) is 9.47 Å². The molecular formula is C19H33N2O4S+. The average Bonchev–Trinajstić information content (AvgIpc) is 2.43. The Morgan fingerprint density at radius 2 is 1.65 bits per heavy atom. The number of hydrogen-bond donors (Lipinski definition) is 2. The zero-order valence-electron chi connectivity index (χ0n) is 16.8. The number of quaternary nitrogens is 1. The van der Waals surface area contributed by atoms with Gasteiger partial charge in [0.05, 0.1) is 24.3 Å². The van der Waals surface area contributed by atoms with Gasteiger partial charge in [0.1, 0.15) is 16.4 Å². The van der Waals surface area contributed by atoms with Crippen LogP contribution in [0.2, 0.25) is 0 Å². The van der Waals surface area contributed by atoms with Gasteiger partial charge < -0.3 is 14.8 Å². The molecule has 0 unspecified atom stereocenters. The van der Waals surface area contributed by atoms with Crippen molar-refractivity contribution in [3.63, 3.8) is 0 Å². The van der Waals surface area contributed by atoms with Crippen LogP contribution in [0.25, 0.3) is 0 Å². The number of hydrogen-bond acceptors (Lipinski definition) is 4. The molecule has 0 radical (unpaired) electrons. The Bertz CT molecular complexity index is 713. The molecule has 7 heteroatoms. The summed E-state index contributed by atoms with van der Waals surface area (Å²) in [5.74, 6) is 0.927. The Morgan fingerprint density at radius 3 is 2.19 bits per heavy atom. The molecule has 0 bridgehead atoms. The van der Waals surface area contributed by atoms with Crippen molar-refractivity contribution in [2.45, 2.75) is 76.4 Å². The van der Waals surface area contributed by atoms with Gasteiger partial charge in [0.25, 0.3) is 0 Å². The largest absolute Gasteiger partial charge is 0.494 e. The number of rotatable bonds is 7. The van der Waals surface area contributed by atoms with Crippen molar-refractivity contribution in [2.75, 3.05) is 13.2 Å².